The van der Waals surface area contributed by atoms with Crippen LogP contribution in [0, 0.1) is 17.0 Å². The number of anilines is 2. The van der Waals surface area contributed by atoms with E-state index in [9.17, 15) is 18.8 Å². The average molecular weight is 586 g/mol. The number of allylic oxidation sites excluding steroid dienone is 1. The number of rotatable bonds is 8. The van der Waals surface area contributed by atoms with Crippen molar-refractivity contribution in [3.05, 3.63) is 96.3 Å². The molecule has 2 atom stereocenters. The molecule has 0 radical (unpaired) electrons. The summed E-state index contributed by atoms with van der Waals surface area (Å²) in [5, 5.41) is 12.6. The third kappa shape index (κ3) is 5.83. The third-order valence-corrected chi connectivity index (χ3v) is 7.84. The summed E-state index contributed by atoms with van der Waals surface area (Å²) in [6.45, 7) is 1.49. The van der Waals surface area contributed by atoms with Crippen molar-refractivity contribution in [1.82, 2.24) is 14.9 Å². The van der Waals surface area contributed by atoms with Crippen LogP contribution < -0.4 is 20.7 Å². The first kappa shape index (κ1) is 28.1. The number of aromatic nitrogens is 2. The van der Waals surface area contributed by atoms with Crippen LogP contribution in [0.1, 0.15) is 44.1 Å². The summed E-state index contributed by atoms with van der Waals surface area (Å²) in [6, 6.07) is 12.9. The van der Waals surface area contributed by atoms with E-state index in [0.29, 0.717) is 36.2 Å². The Balaban J connectivity index is 1.17. The fraction of sp³-hybridized carbons (Fsp3) is 0.250. The van der Waals surface area contributed by atoms with Gasteiger partial charge < -0.3 is 20.7 Å². The number of benzene rings is 2. The smallest absolute Gasteiger partial charge is 0.240 e. The number of hydrogen-bond acceptors (Lipinski definition) is 5. The van der Waals surface area contributed by atoms with Crippen molar-refractivity contribution >= 4 is 34.6 Å². The zero-order valence-corrected chi connectivity index (χ0v) is 23.3. The molecule has 0 aliphatic heterocycles. The quantitative estimate of drug-likeness (QED) is 0.181. The first-order chi connectivity index (χ1) is 20.7. The average Bonchev–Trinajstić information content (AvgIpc) is 3.69. The number of ether oxygens (including phenoxy) is 1. The van der Waals surface area contributed by atoms with Gasteiger partial charge in [-0.15, -0.1) is 0 Å². The van der Waals surface area contributed by atoms with Gasteiger partial charge in [-0.2, -0.15) is 5.10 Å². The number of carbonyl (C=O) groups excluding carboxylic acids is 3. The molecule has 2 aliphatic carbocycles. The predicted octanol–water partition coefficient (Wildman–Crippen LogP) is 5.70. The van der Waals surface area contributed by atoms with Crippen molar-refractivity contribution in [3.8, 4) is 11.5 Å². The van der Waals surface area contributed by atoms with Crippen LogP contribution in [0.4, 0.5) is 20.2 Å². The second-order valence-electron chi connectivity index (χ2n) is 10.9. The van der Waals surface area contributed by atoms with Crippen LogP contribution in [0.3, 0.4) is 0 Å². The molecule has 3 amide bonds. The van der Waals surface area contributed by atoms with E-state index in [0.717, 1.165) is 18.1 Å². The van der Waals surface area contributed by atoms with Crippen LogP contribution in [0.15, 0.2) is 79.1 Å². The summed E-state index contributed by atoms with van der Waals surface area (Å²) in [6.07, 6.45) is 9.58. The molecule has 2 aromatic heterocycles. The maximum atomic E-state index is 15.3. The molecule has 2 aliphatic rings. The van der Waals surface area contributed by atoms with Crippen molar-refractivity contribution < 1.29 is 27.9 Å². The minimum atomic E-state index is -1.28. The molecule has 0 saturated heterocycles. The van der Waals surface area contributed by atoms with Crippen molar-refractivity contribution in [2.45, 2.75) is 44.6 Å². The van der Waals surface area contributed by atoms with Gasteiger partial charge >= 0.3 is 0 Å². The fourth-order valence-corrected chi connectivity index (χ4v) is 5.46. The summed E-state index contributed by atoms with van der Waals surface area (Å²) >= 11 is 0. The van der Waals surface area contributed by atoms with Gasteiger partial charge in [0.15, 0.2) is 17.3 Å². The van der Waals surface area contributed by atoms with Gasteiger partial charge in [-0.1, -0.05) is 12.2 Å². The van der Waals surface area contributed by atoms with Crippen molar-refractivity contribution in [2.24, 2.45) is 5.41 Å². The van der Waals surface area contributed by atoms with Gasteiger partial charge in [-0.3, -0.25) is 14.4 Å². The van der Waals surface area contributed by atoms with E-state index in [-0.39, 0.29) is 29.3 Å². The second-order valence-corrected chi connectivity index (χ2v) is 10.9. The van der Waals surface area contributed by atoms with E-state index in [1.165, 1.54) is 43.3 Å². The molecule has 0 spiro atoms. The van der Waals surface area contributed by atoms with Gasteiger partial charge in [0, 0.05) is 42.7 Å². The number of fused-ring (bicyclic) bond motifs is 1. The van der Waals surface area contributed by atoms with E-state index < -0.39 is 28.9 Å². The normalized spacial score (nSPS) is 18.6. The van der Waals surface area contributed by atoms with Gasteiger partial charge in [-0.25, -0.2) is 13.3 Å². The number of carbonyl (C=O) groups is 3. The van der Waals surface area contributed by atoms with Crippen LogP contribution in [0.25, 0.3) is 5.52 Å². The summed E-state index contributed by atoms with van der Waals surface area (Å²) in [4.78, 5) is 37.5. The number of nitrogens with zero attached hydrogens (tertiary/aromatic N) is 2. The maximum absolute atomic E-state index is 15.3. The van der Waals surface area contributed by atoms with Crippen molar-refractivity contribution in [1.29, 1.82) is 0 Å². The molecule has 9 nitrogen and oxygen atoms in total. The van der Waals surface area contributed by atoms with Crippen molar-refractivity contribution in [2.75, 3.05) is 10.6 Å². The molecule has 2 unspecified atom stereocenters. The summed E-state index contributed by atoms with van der Waals surface area (Å²) < 4.78 is 36.2. The highest BCUT2D eigenvalue weighted by Gasteiger charge is 2.56. The van der Waals surface area contributed by atoms with E-state index in [1.807, 2.05) is 24.4 Å². The minimum absolute atomic E-state index is 0.0481. The first-order valence-corrected chi connectivity index (χ1v) is 14.0. The SMILES string of the molecule is CC(=O)NC1C=CCC(c2ccn3nccc(Oc4ccc(NC(=O)C5(C(=O)Nc6ccc(F)cc6)CC5)cc4F)c23)C1. The summed E-state index contributed by atoms with van der Waals surface area (Å²) in [5.74, 6) is -1.83. The van der Waals surface area contributed by atoms with Crippen LogP contribution in [-0.4, -0.2) is 33.4 Å². The molecule has 2 aromatic carbocycles. The standard InChI is InChI=1S/C32H29F2N5O4/c1-19(40)36-23-4-2-3-20(17-23)25-12-16-39-29(25)28(11-15-35-39)43-27-10-9-24(18-26(27)34)38-31(42)32(13-14-32)30(41)37-22-7-5-21(33)6-8-22/h2,4-12,15-16,18,20,23H,3,13-14,17H2,1H3,(H,36,40)(H,37,41)(H,38,42). The molecular formula is C32H29F2N5O4. The number of amides is 3. The topological polar surface area (TPSA) is 114 Å². The zero-order valence-electron chi connectivity index (χ0n) is 23.3. The molecule has 4 aromatic rings. The molecular weight excluding hydrogens is 556 g/mol. The number of hydrogen-bond donors (Lipinski definition) is 3. The molecule has 11 heteroatoms. The molecule has 3 N–H and O–H groups in total. The Bertz CT molecular complexity index is 1750. The largest absolute Gasteiger partial charge is 0.452 e. The van der Waals surface area contributed by atoms with Crippen molar-refractivity contribution in [3.63, 3.8) is 0 Å². The maximum Gasteiger partial charge on any atom is 0.240 e. The van der Waals surface area contributed by atoms with E-state index in [1.54, 1.807) is 16.8 Å². The lowest BCUT2D eigenvalue weighted by Gasteiger charge is -2.25. The van der Waals surface area contributed by atoms with Gasteiger partial charge in [0.05, 0.1) is 6.20 Å². The van der Waals surface area contributed by atoms with E-state index in [4.69, 9.17) is 4.74 Å². The van der Waals surface area contributed by atoms with Gasteiger partial charge in [0.25, 0.3) is 0 Å². The molecule has 220 valence electrons. The van der Waals surface area contributed by atoms with Crippen LogP contribution in [0.5, 0.6) is 11.5 Å². The van der Waals surface area contributed by atoms with Gasteiger partial charge in [0.2, 0.25) is 17.7 Å². The van der Waals surface area contributed by atoms with E-state index >= 15 is 4.39 Å². The highest BCUT2D eigenvalue weighted by atomic mass is 19.1. The first-order valence-electron chi connectivity index (χ1n) is 14.0. The third-order valence-electron chi connectivity index (χ3n) is 7.84. The predicted molar refractivity (Wildman–Crippen MR) is 156 cm³/mol. The Morgan fingerprint density at radius 1 is 0.953 bits per heavy atom. The number of halogens is 2. The molecule has 1 fully saturated rings. The lowest BCUT2D eigenvalue weighted by Crippen LogP contribution is -2.35. The lowest BCUT2D eigenvalue weighted by molar-refractivity contribution is -0.131. The minimum Gasteiger partial charge on any atom is -0.452 e. The van der Waals surface area contributed by atoms with Crippen LogP contribution in [-0.2, 0) is 14.4 Å². The zero-order chi connectivity index (χ0) is 30.1. The highest BCUT2D eigenvalue weighted by molar-refractivity contribution is 6.16. The Labute approximate surface area is 245 Å². The Morgan fingerprint density at radius 3 is 2.37 bits per heavy atom. The van der Waals surface area contributed by atoms with Crippen LogP contribution in [0.2, 0.25) is 0 Å². The monoisotopic (exact) mass is 585 g/mol. The second kappa shape index (κ2) is 11.3. The van der Waals surface area contributed by atoms with E-state index in [2.05, 4.69) is 21.0 Å². The molecule has 2 heterocycles. The summed E-state index contributed by atoms with van der Waals surface area (Å²) in [5.41, 5.74) is 0.949. The highest BCUT2D eigenvalue weighted by Crippen LogP contribution is 2.47. The van der Waals surface area contributed by atoms with Gasteiger partial charge in [0.1, 0.15) is 16.7 Å². The molecule has 6 rings (SSSR count). The lowest BCUT2D eigenvalue weighted by atomic mass is 9.85. The Morgan fingerprint density at radius 2 is 1.67 bits per heavy atom. The Hall–Kier alpha value is -5.06. The fourth-order valence-electron chi connectivity index (χ4n) is 5.46. The molecule has 1 saturated carbocycles. The Kier molecular flexibility index (Phi) is 7.39. The van der Waals surface area contributed by atoms with Gasteiger partial charge in [-0.05, 0) is 79.6 Å². The molecule has 0 bridgehead atoms. The van der Waals surface area contributed by atoms with Crippen LogP contribution >= 0.6 is 0 Å². The molecule has 43 heavy (non-hydrogen) atoms. The number of nitrogens with one attached hydrogen (secondary N) is 3. The summed E-state index contributed by atoms with van der Waals surface area (Å²) in [7, 11) is 0.